The number of aliphatic imine (C=N–C) groups is 1. The second kappa shape index (κ2) is 6.63. The fourth-order valence-electron chi connectivity index (χ4n) is 2.50. The topological polar surface area (TPSA) is 94.5 Å². The Kier molecular flexibility index (Phi) is 5.13. The maximum absolute atomic E-state index is 12.2. The van der Waals surface area contributed by atoms with Crippen molar-refractivity contribution >= 4 is 28.6 Å². The van der Waals surface area contributed by atoms with Crippen LogP contribution >= 0.6 is 0 Å². The second-order valence-electron chi connectivity index (χ2n) is 6.11. The summed E-state index contributed by atoms with van der Waals surface area (Å²) in [5.41, 5.74) is -0.203. The number of aromatic nitrogens is 1. The number of fused-ring (bicyclic) bond motifs is 1. The first-order chi connectivity index (χ1) is 10.8. The molecule has 1 unspecified atom stereocenters. The van der Waals surface area contributed by atoms with Crippen LogP contribution in [0.4, 0.5) is 0 Å². The first-order valence-electron chi connectivity index (χ1n) is 7.35. The average Bonchev–Trinajstić information content (AvgIpc) is 2.82. The summed E-state index contributed by atoms with van der Waals surface area (Å²) in [6.07, 6.45) is 0. The van der Waals surface area contributed by atoms with Crippen molar-refractivity contribution in [1.29, 1.82) is 0 Å². The Bertz CT molecular complexity index is 863. The van der Waals surface area contributed by atoms with Gasteiger partial charge in [0, 0.05) is 10.9 Å². The van der Waals surface area contributed by atoms with Gasteiger partial charge in [0.1, 0.15) is 11.2 Å². The molecule has 0 aliphatic carbocycles. The zero-order valence-corrected chi connectivity index (χ0v) is 16.1. The summed E-state index contributed by atoms with van der Waals surface area (Å²) in [4.78, 5) is 32.1. The van der Waals surface area contributed by atoms with E-state index in [4.69, 9.17) is 0 Å². The third-order valence-corrected chi connectivity index (χ3v) is 4.36. The molecule has 1 amide bonds. The molecule has 24 heavy (non-hydrogen) atoms. The Labute approximate surface area is 161 Å². The van der Waals surface area contributed by atoms with Gasteiger partial charge in [-0.3, -0.25) is 4.79 Å². The van der Waals surface area contributed by atoms with E-state index in [0.29, 0.717) is 10.9 Å². The summed E-state index contributed by atoms with van der Waals surface area (Å²) in [6, 6.07) is 8.65. The minimum absolute atomic E-state index is 0. The van der Waals surface area contributed by atoms with Crippen molar-refractivity contribution < 1.29 is 44.3 Å². The number of carbonyl (C=O) groups is 2. The number of carboxylic acids is 1. The van der Waals surface area contributed by atoms with Crippen LogP contribution in [-0.2, 0) is 4.79 Å². The summed E-state index contributed by atoms with van der Waals surface area (Å²) in [6.45, 7) is 5.55. The third kappa shape index (κ3) is 2.97. The van der Waals surface area contributed by atoms with E-state index in [-0.39, 0.29) is 58.5 Å². The number of carboxylic acid groups (broad SMARTS) is 1. The van der Waals surface area contributed by atoms with E-state index in [9.17, 15) is 14.7 Å². The third-order valence-electron chi connectivity index (χ3n) is 4.36. The zero-order chi connectivity index (χ0) is 16.8. The number of pyridine rings is 1. The van der Waals surface area contributed by atoms with Crippen LogP contribution in [0.3, 0.4) is 0 Å². The molecule has 118 valence electrons. The Balaban J connectivity index is 0.00000208. The van der Waals surface area contributed by atoms with E-state index in [1.807, 2.05) is 19.9 Å². The Morgan fingerprint density at radius 3 is 2.54 bits per heavy atom. The number of amidine groups is 1. The number of nitrogens with zero attached hydrogens (tertiary/aromatic N) is 2. The molecule has 1 N–H and O–H groups in total. The van der Waals surface area contributed by atoms with Crippen molar-refractivity contribution in [3.63, 3.8) is 0 Å². The van der Waals surface area contributed by atoms with Crippen molar-refractivity contribution in [3.8, 4) is 0 Å². The van der Waals surface area contributed by atoms with Gasteiger partial charge in [-0.15, -0.1) is 0 Å². The minimum atomic E-state index is -1.35. The predicted octanol–water partition coefficient (Wildman–Crippen LogP) is -2.11. The number of aromatic carboxylic acids is 1. The SMILES string of the molecule is CC(C)C1(C)NC(c2nc3ccccc3cc2C(=O)[O-])=NC1=O.[Na+]. The van der Waals surface area contributed by atoms with Crippen LogP contribution in [0.25, 0.3) is 10.9 Å². The molecule has 3 rings (SSSR count). The normalized spacial score (nSPS) is 19.8. The molecule has 0 saturated heterocycles. The second-order valence-corrected chi connectivity index (χ2v) is 6.11. The number of amides is 1. The quantitative estimate of drug-likeness (QED) is 0.649. The van der Waals surface area contributed by atoms with Crippen LogP contribution in [-0.4, -0.2) is 28.2 Å². The number of hydrogen-bond donors (Lipinski definition) is 1. The molecule has 0 spiro atoms. The number of nitrogens with one attached hydrogen (secondary N) is 1. The maximum Gasteiger partial charge on any atom is 1.00 e. The van der Waals surface area contributed by atoms with Crippen molar-refractivity contribution in [2.24, 2.45) is 10.9 Å². The number of para-hydroxylation sites is 1. The van der Waals surface area contributed by atoms with Crippen molar-refractivity contribution in [2.45, 2.75) is 26.3 Å². The number of carbonyl (C=O) groups excluding carboxylic acids is 2. The molecule has 0 radical (unpaired) electrons. The van der Waals surface area contributed by atoms with E-state index in [1.165, 1.54) is 6.07 Å². The van der Waals surface area contributed by atoms with Gasteiger partial charge >= 0.3 is 29.6 Å². The van der Waals surface area contributed by atoms with E-state index >= 15 is 0 Å². The molecule has 7 heteroatoms. The average molecular weight is 333 g/mol. The van der Waals surface area contributed by atoms with Gasteiger partial charge in [-0.05, 0) is 25.0 Å². The molecule has 2 aromatic rings. The van der Waals surface area contributed by atoms with E-state index in [1.54, 1.807) is 25.1 Å². The number of rotatable bonds is 3. The molecule has 0 saturated carbocycles. The van der Waals surface area contributed by atoms with Gasteiger partial charge in [0.05, 0.1) is 11.5 Å². The fourth-order valence-corrected chi connectivity index (χ4v) is 2.50. The van der Waals surface area contributed by atoms with Gasteiger partial charge in [-0.2, -0.15) is 4.99 Å². The van der Waals surface area contributed by atoms with Crippen LogP contribution in [0.15, 0.2) is 35.3 Å². The Morgan fingerprint density at radius 1 is 1.29 bits per heavy atom. The summed E-state index contributed by atoms with van der Waals surface area (Å²) >= 11 is 0. The Morgan fingerprint density at radius 2 is 1.96 bits per heavy atom. The summed E-state index contributed by atoms with van der Waals surface area (Å²) in [7, 11) is 0. The number of hydrogen-bond acceptors (Lipinski definition) is 5. The first-order valence-corrected chi connectivity index (χ1v) is 7.35. The molecular formula is C17H16N3NaO3. The monoisotopic (exact) mass is 333 g/mol. The standard InChI is InChI=1S/C17H17N3O3.Na/c1-9(2)17(3)16(23)19-14(20-17)13-11(15(21)22)8-10-6-4-5-7-12(10)18-13;/h4-9H,1-3H3,(H,21,22)(H,19,20,23);/q;+1/p-1. The van der Waals surface area contributed by atoms with Crippen LogP contribution in [0.5, 0.6) is 0 Å². The molecule has 1 aliphatic heterocycles. The molecular weight excluding hydrogens is 317 g/mol. The summed E-state index contributed by atoms with van der Waals surface area (Å²) in [5.74, 6) is -1.52. The van der Waals surface area contributed by atoms with Gasteiger partial charge in [-0.25, -0.2) is 4.98 Å². The largest absolute Gasteiger partial charge is 1.00 e. The van der Waals surface area contributed by atoms with Crippen LogP contribution in [0, 0.1) is 5.92 Å². The van der Waals surface area contributed by atoms with Crippen LogP contribution in [0.2, 0.25) is 0 Å². The van der Waals surface area contributed by atoms with E-state index in [2.05, 4.69) is 15.3 Å². The predicted molar refractivity (Wildman–Crippen MR) is 84.0 cm³/mol. The molecule has 1 aliphatic rings. The fraction of sp³-hybridized carbons (Fsp3) is 0.294. The Hall–Kier alpha value is -1.76. The molecule has 2 heterocycles. The zero-order valence-electron chi connectivity index (χ0n) is 14.1. The van der Waals surface area contributed by atoms with E-state index < -0.39 is 11.5 Å². The van der Waals surface area contributed by atoms with Gasteiger partial charge in [0.15, 0.2) is 5.84 Å². The smallest absolute Gasteiger partial charge is 0.545 e. The molecule has 1 aromatic carbocycles. The van der Waals surface area contributed by atoms with Crippen LogP contribution in [0.1, 0.15) is 36.8 Å². The van der Waals surface area contributed by atoms with Crippen LogP contribution < -0.4 is 40.0 Å². The molecule has 0 bridgehead atoms. The van der Waals surface area contributed by atoms with Gasteiger partial charge in [0.25, 0.3) is 5.91 Å². The minimum Gasteiger partial charge on any atom is -0.545 e. The van der Waals surface area contributed by atoms with Gasteiger partial charge in [-0.1, -0.05) is 32.0 Å². The van der Waals surface area contributed by atoms with Gasteiger partial charge in [0.2, 0.25) is 0 Å². The summed E-state index contributed by atoms with van der Waals surface area (Å²) < 4.78 is 0. The first kappa shape index (κ1) is 18.6. The van der Waals surface area contributed by atoms with Crippen molar-refractivity contribution in [2.75, 3.05) is 0 Å². The molecule has 6 nitrogen and oxygen atoms in total. The van der Waals surface area contributed by atoms with Crippen molar-refractivity contribution in [1.82, 2.24) is 10.3 Å². The van der Waals surface area contributed by atoms with E-state index in [0.717, 1.165) is 0 Å². The van der Waals surface area contributed by atoms with Gasteiger partial charge < -0.3 is 15.2 Å². The van der Waals surface area contributed by atoms with Crippen molar-refractivity contribution in [3.05, 3.63) is 41.6 Å². The molecule has 0 fully saturated rings. The molecule has 1 atom stereocenters. The molecule has 1 aromatic heterocycles. The maximum atomic E-state index is 12.2. The number of benzene rings is 1. The summed E-state index contributed by atoms with van der Waals surface area (Å²) in [5, 5.41) is 15.2.